The summed E-state index contributed by atoms with van der Waals surface area (Å²) in [5, 5.41) is 8.70. The smallest absolute Gasteiger partial charge is 0.262 e. The Bertz CT molecular complexity index is 914. The Hall–Kier alpha value is -3.10. The van der Waals surface area contributed by atoms with E-state index in [4.69, 9.17) is 21.1 Å². The zero-order valence-corrected chi connectivity index (χ0v) is 17.6. The number of halogens is 1. The molecular weight excluding hydrogens is 422 g/mol. The number of amides is 3. The number of hydrogen-bond acceptors (Lipinski definition) is 5. The second-order valence-electron chi connectivity index (χ2n) is 6.92. The fourth-order valence-electron chi connectivity index (χ4n) is 2.97. The Morgan fingerprint density at radius 3 is 2.55 bits per heavy atom. The SMILES string of the molecule is O=C(COc1cccc(Cl)c1)Nc1ccc(C(=O)NCCNC(=O)C2CCCO2)cc1. The molecule has 1 heterocycles. The van der Waals surface area contributed by atoms with Crippen molar-refractivity contribution in [2.75, 3.05) is 31.6 Å². The molecule has 0 aliphatic carbocycles. The molecule has 1 unspecified atom stereocenters. The van der Waals surface area contributed by atoms with Gasteiger partial charge in [-0.2, -0.15) is 0 Å². The van der Waals surface area contributed by atoms with Crippen molar-refractivity contribution in [3.63, 3.8) is 0 Å². The summed E-state index contributed by atoms with van der Waals surface area (Å²) in [6.45, 7) is 1.07. The predicted molar refractivity (Wildman–Crippen MR) is 116 cm³/mol. The van der Waals surface area contributed by atoms with Crippen LogP contribution in [0.5, 0.6) is 5.75 Å². The summed E-state index contributed by atoms with van der Waals surface area (Å²) in [5.41, 5.74) is 0.985. The maximum absolute atomic E-state index is 12.2. The van der Waals surface area contributed by atoms with E-state index in [9.17, 15) is 14.4 Å². The van der Waals surface area contributed by atoms with E-state index in [-0.39, 0.29) is 30.4 Å². The van der Waals surface area contributed by atoms with Gasteiger partial charge in [-0.25, -0.2) is 0 Å². The zero-order chi connectivity index (χ0) is 22.1. The lowest BCUT2D eigenvalue weighted by atomic mass is 10.2. The van der Waals surface area contributed by atoms with Crippen LogP contribution in [0.15, 0.2) is 48.5 Å². The van der Waals surface area contributed by atoms with Crippen molar-refractivity contribution in [2.45, 2.75) is 18.9 Å². The number of ether oxygens (including phenoxy) is 2. The summed E-state index contributed by atoms with van der Waals surface area (Å²) < 4.78 is 10.7. The molecule has 0 spiro atoms. The third-order valence-electron chi connectivity index (χ3n) is 4.53. The minimum Gasteiger partial charge on any atom is -0.484 e. The fourth-order valence-corrected chi connectivity index (χ4v) is 3.15. The molecule has 0 saturated carbocycles. The van der Waals surface area contributed by atoms with Gasteiger partial charge in [0.05, 0.1) is 0 Å². The molecule has 1 saturated heterocycles. The van der Waals surface area contributed by atoms with Gasteiger partial charge in [0.1, 0.15) is 11.9 Å². The molecule has 9 heteroatoms. The third kappa shape index (κ3) is 7.27. The summed E-state index contributed by atoms with van der Waals surface area (Å²) in [7, 11) is 0. The van der Waals surface area contributed by atoms with E-state index < -0.39 is 0 Å². The van der Waals surface area contributed by atoms with Crippen LogP contribution < -0.4 is 20.7 Å². The Morgan fingerprint density at radius 1 is 1.06 bits per heavy atom. The highest BCUT2D eigenvalue weighted by Gasteiger charge is 2.22. The number of anilines is 1. The highest BCUT2D eigenvalue weighted by molar-refractivity contribution is 6.30. The van der Waals surface area contributed by atoms with Gasteiger partial charge in [0.15, 0.2) is 6.61 Å². The van der Waals surface area contributed by atoms with Crippen molar-refractivity contribution in [2.24, 2.45) is 0 Å². The zero-order valence-electron chi connectivity index (χ0n) is 16.9. The van der Waals surface area contributed by atoms with Crippen molar-refractivity contribution < 1.29 is 23.9 Å². The van der Waals surface area contributed by atoms with E-state index in [1.807, 2.05) is 0 Å². The van der Waals surface area contributed by atoms with E-state index in [1.54, 1.807) is 48.5 Å². The third-order valence-corrected chi connectivity index (χ3v) is 4.76. The Kier molecular flexibility index (Phi) is 8.26. The van der Waals surface area contributed by atoms with E-state index in [0.717, 1.165) is 12.8 Å². The molecule has 1 fully saturated rings. The molecule has 0 aromatic heterocycles. The average Bonchev–Trinajstić information content (AvgIpc) is 3.31. The molecule has 1 aliphatic heterocycles. The van der Waals surface area contributed by atoms with Gasteiger partial charge in [0.25, 0.3) is 11.8 Å². The molecule has 1 aliphatic rings. The predicted octanol–water partition coefficient (Wildman–Crippen LogP) is 2.38. The molecule has 3 amide bonds. The molecule has 0 bridgehead atoms. The van der Waals surface area contributed by atoms with Crippen LogP contribution in [0, 0.1) is 0 Å². The minimum atomic E-state index is -0.380. The van der Waals surface area contributed by atoms with Gasteiger partial charge >= 0.3 is 0 Å². The van der Waals surface area contributed by atoms with E-state index in [2.05, 4.69) is 16.0 Å². The molecule has 0 radical (unpaired) electrons. The summed E-state index contributed by atoms with van der Waals surface area (Å²) in [4.78, 5) is 36.1. The van der Waals surface area contributed by atoms with Crippen molar-refractivity contribution in [3.8, 4) is 5.75 Å². The molecular formula is C22H24ClN3O5. The van der Waals surface area contributed by atoms with Crippen LogP contribution in [0.25, 0.3) is 0 Å². The molecule has 1 atom stereocenters. The largest absolute Gasteiger partial charge is 0.484 e. The van der Waals surface area contributed by atoms with Gasteiger partial charge in [-0.1, -0.05) is 17.7 Å². The molecule has 31 heavy (non-hydrogen) atoms. The maximum atomic E-state index is 12.2. The highest BCUT2D eigenvalue weighted by atomic mass is 35.5. The van der Waals surface area contributed by atoms with Crippen LogP contribution in [0.4, 0.5) is 5.69 Å². The van der Waals surface area contributed by atoms with E-state index in [1.165, 1.54) is 0 Å². The van der Waals surface area contributed by atoms with Crippen LogP contribution in [0.1, 0.15) is 23.2 Å². The second kappa shape index (κ2) is 11.3. The van der Waals surface area contributed by atoms with Crippen molar-refractivity contribution in [3.05, 3.63) is 59.1 Å². The number of rotatable bonds is 9. The van der Waals surface area contributed by atoms with Crippen LogP contribution in [0.2, 0.25) is 5.02 Å². The van der Waals surface area contributed by atoms with Crippen LogP contribution in [-0.4, -0.2) is 50.1 Å². The number of hydrogen-bond donors (Lipinski definition) is 3. The number of nitrogens with one attached hydrogen (secondary N) is 3. The summed E-state index contributed by atoms with van der Waals surface area (Å²) in [6.07, 6.45) is 1.24. The van der Waals surface area contributed by atoms with E-state index >= 15 is 0 Å². The average molecular weight is 446 g/mol. The molecule has 3 rings (SSSR count). The van der Waals surface area contributed by atoms with Gasteiger partial charge in [-0.3, -0.25) is 14.4 Å². The summed E-state index contributed by atoms with van der Waals surface area (Å²) in [5.74, 6) is -0.250. The second-order valence-corrected chi connectivity index (χ2v) is 7.36. The first-order valence-electron chi connectivity index (χ1n) is 9.97. The Morgan fingerprint density at radius 2 is 1.84 bits per heavy atom. The lowest BCUT2D eigenvalue weighted by Crippen LogP contribution is -2.39. The van der Waals surface area contributed by atoms with Crippen molar-refractivity contribution in [1.82, 2.24) is 10.6 Å². The molecule has 2 aromatic rings. The van der Waals surface area contributed by atoms with Crippen LogP contribution in [-0.2, 0) is 14.3 Å². The number of benzene rings is 2. The van der Waals surface area contributed by atoms with Gasteiger partial charge < -0.3 is 25.4 Å². The number of carbonyl (C=O) groups is 3. The van der Waals surface area contributed by atoms with Gasteiger partial charge in [-0.15, -0.1) is 0 Å². The first-order chi connectivity index (χ1) is 15.0. The highest BCUT2D eigenvalue weighted by Crippen LogP contribution is 2.17. The first-order valence-corrected chi connectivity index (χ1v) is 10.3. The van der Waals surface area contributed by atoms with Gasteiger partial charge in [0.2, 0.25) is 5.91 Å². The molecule has 3 N–H and O–H groups in total. The topological polar surface area (TPSA) is 106 Å². The van der Waals surface area contributed by atoms with Crippen molar-refractivity contribution >= 4 is 35.0 Å². The maximum Gasteiger partial charge on any atom is 0.262 e. The Balaban J connectivity index is 1.37. The van der Waals surface area contributed by atoms with Crippen LogP contribution >= 0.6 is 11.6 Å². The number of carbonyl (C=O) groups excluding carboxylic acids is 3. The molecule has 8 nitrogen and oxygen atoms in total. The summed E-state index contributed by atoms with van der Waals surface area (Å²) >= 11 is 5.87. The minimum absolute atomic E-state index is 0.147. The molecule has 164 valence electrons. The first kappa shape index (κ1) is 22.6. The van der Waals surface area contributed by atoms with Gasteiger partial charge in [-0.05, 0) is 55.3 Å². The van der Waals surface area contributed by atoms with E-state index in [0.29, 0.717) is 41.7 Å². The van der Waals surface area contributed by atoms with Crippen molar-refractivity contribution in [1.29, 1.82) is 0 Å². The normalized spacial score (nSPS) is 15.2. The van der Waals surface area contributed by atoms with Gasteiger partial charge in [0, 0.05) is 36.0 Å². The lowest BCUT2D eigenvalue weighted by Gasteiger charge is -2.11. The fraction of sp³-hybridized carbons (Fsp3) is 0.318. The monoisotopic (exact) mass is 445 g/mol. The standard InChI is InChI=1S/C22H24ClN3O5/c23-16-3-1-4-18(13-16)31-14-20(27)26-17-8-6-15(7-9-17)21(28)24-10-11-25-22(29)19-5-2-12-30-19/h1,3-4,6-9,13,19H,2,5,10-12,14H2,(H,24,28)(H,25,29)(H,26,27). The van der Waals surface area contributed by atoms with Crippen LogP contribution in [0.3, 0.4) is 0 Å². The Labute approximate surface area is 185 Å². The molecule has 2 aromatic carbocycles. The summed E-state index contributed by atoms with van der Waals surface area (Å²) in [6, 6.07) is 13.2. The quantitative estimate of drug-likeness (QED) is 0.514. The lowest BCUT2D eigenvalue weighted by molar-refractivity contribution is -0.130.